The molecule has 0 N–H and O–H groups in total. The van der Waals surface area contributed by atoms with E-state index in [2.05, 4.69) is 52.8 Å². The molecular weight excluding hydrogens is 380 g/mol. The third kappa shape index (κ3) is 3.87. The van der Waals surface area contributed by atoms with Crippen molar-refractivity contribution in [3.05, 3.63) is 35.6 Å². The molecule has 7 atom stereocenters. The molecule has 2 saturated carbocycles. The highest BCUT2D eigenvalue weighted by atomic mass is 16.5. The third-order valence-corrected chi connectivity index (χ3v) is 9.68. The Morgan fingerprint density at radius 2 is 1.87 bits per heavy atom. The summed E-state index contributed by atoms with van der Waals surface area (Å²) in [6.07, 6.45) is 18.3. The van der Waals surface area contributed by atoms with Crippen molar-refractivity contribution in [1.29, 1.82) is 0 Å². The number of rotatable bonds is 7. The van der Waals surface area contributed by atoms with Crippen molar-refractivity contribution in [1.82, 2.24) is 0 Å². The van der Waals surface area contributed by atoms with Crippen LogP contribution in [0.5, 0.6) is 0 Å². The van der Waals surface area contributed by atoms with Crippen LogP contribution in [0.15, 0.2) is 35.6 Å². The maximum absolute atomic E-state index is 12.5. The second kappa shape index (κ2) is 8.56. The standard InChI is InChI=1S/C29H44O2/c1-7-31-27-18-29(6)21(17-26(27)30)11-12-22-24-14-13-23(20(4)10-8-9-19(2)3)28(24,5)16-15-25(22)29/h11-12,17-20,22-25H,7-10,13-16H2,1-6H3/t20-,22+,23-,24+,25+,28-,29+/m1/s1. The summed E-state index contributed by atoms with van der Waals surface area (Å²) < 4.78 is 5.74. The van der Waals surface area contributed by atoms with E-state index in [1.807, 2.05) is 13.0 Å². The zero-order valence-corrected chi connectivity index (χ0v) is 20.7. The first kappa shape index (κ1) is 22.9. The van der Waals surface area contributed by atoms with Gasteiger partial charge in [0.2, 0.25) is 5.78 Å². The Bertz CT molecular complexity index is 787. The van der Waals surface area contributed by atoms with Crippen LogP contribution >= 0.6 is 0 Å². The Balaban J connectivity index is 1.56. The minimum atomic E-state index is -0.0693. The van der Waals surface area contributed by atoms with Gasteiger partial charge in [-0.05, 0) is 91.3 Å². The molecular formula is C29H44O2. The number of hydrogen-bond donors (Lipinski definition) is 0. The van der Waals surface area contributed by atoms with Gasteiger partial charge in [-0.25, -0.2) is 0 Å². The average molecular weight is 425 g/mol. The van der Waals surface area contributed by atoms with Gasteiger partial charge in [-0.1, -0.05) is 66.0 Å². The Morgan fingerprint density at radius 1 is 1.10 bits per heavy atom. The molecule has 4 aliphatic rings. The van der Waals surface area contributed by atoms with Crippen LogP contribution in [-0.4, -0.2) is 12.4 Å². The highest BCUT2D eigenvalue weighted by molar-refractivity contribution is 6.04. The lowest BCUT2D eigenvalue weighted by molar-refractivity contribution is -0.115. The third-order valence-electron chi connectivity index (χ3n) is 9.68. The summed E-state index contributed by atoms with van der Waals surface area (Å²) in [6, 6.07) is 0. The van der Waals surface area contributed by atoms with E-state index < -0.39 is 0 Å². The Hall–Kier alpha value is -1.31. The van der Waals surface area contributed by atoms with Gasteiger partial charge in [0.1, 0.15) is 0 Å². The van der Waals surface area contributed by atoms with Crippen LogP contribution in [0.3, 0.4) is 0 Å². The topological polar surface area (TPSA) is 26.3 Å². The molecule has 0 amide bonds. The fraction of sp³-hybridized carbons (Fsp3) is 0.759. The van der Waals surface area contributed by atoms with Crippen molar-refractivity contribution in [3.8, 4) is 0 Å². The SMILES string of the molecule is CCOC1=C[C@@]2(C)C(=CC1=O)C=C[C@H]1[C@@H]3CC[C@H]([C@H](C)CCCC(C)C)[C@@]3(C)CC[C@@H]12. The molecule has 0 saturated heterocycles. The van der Waals surface area contributed by atoms with E-state index in [1.54, 1.807) is 0 Å². The minimum Gasteiger partial charge on any atom is -0.490 e. The Morgan fingerprint density at radius 3 is 2.58 bits per heavy atom. The number of hydrogen-bond acceptors (Lipinski definition) is 2. The van der Waals surface area contributed by atoms with Gasteiger partial charge >= 0.3 is 0 Å². The van der Waals surface area contributed by atoms with Gasteiger partial charge in [0.25, 0.3) is 0 Å². The van der Waals surface area contributed by atoms with Crippen LogP contribution in [0.25, 0.3) is 0 Å². The van der Waals surface area contributed by atoms with Crippen LogP contribution < -0.4 is 0 Å². The van der Waals surface area contributed by atoms with Gasteiger partial charge < -0.3 is 4.74 Å². The molecule has 2 nitrogen and oxygen atoms in total. The molecule has 0 unspecified atom stereocenters. The largest absolute Gasteiger partial charge is 0.490 e. The first-order chi connectivity index (χ1) is 14.7. The lowest BCUT2D eigenvalue weighted by Crippen LogP contribution is -2.49. The molecule has 0 aromatic carbocycles. The van der Waals surface area contributed by atoms with Crippen molar-refractivity contribution in [3.63, 3.8) is 0 Å². The van der Waals surface area contributed by atoms with E-state index in [0.717, 1.165) is 23.7 Å². The highest BCUT2D eigenvalue weighted by Crippen LogP contribution is 2.66. The predicted octanol–water partition coefficient (Wildman–Crippen LogP) is 7.51. The van der Waals surface area contributed by atoms with Gasteiger partial charge in [-0.15, -0.1) is 0 Å². The van der Waals surface area contributed by atoms with Crippen LogP contribution in [0, 0.1) is 46.3 Å². The molecule has 0 bridgehead atoms. The summed E-state index contributed by atoms with van der Waals surface area (Å²) in [5.41, 5.74) is 1.60. The highest BCUT2D eigenvalue weighted by Gasteiger charge is 2.58. The first-order valence-corrected chi connectivity index (χ1v) is 13.0. The van der Waals surface area contributed by atoms with Crippen molar-refractivity contribution in [2.24, 2.45) is 46.3 Å². The first-order valence-electron chi connectivity index (χ1n) is 13.0. The summed E-state index contributed by atoms with van der Waals surface area (Å²) in [6.45, 7) is 14.7. The molecule has 0 aliphatic heterocycles. The Kier molecular flexibility index (Phi) is 6.32. The van der Waals surface area contributed by atoms with Crippen LogP contribution in [0.2, 0.25) is 0 Å². The molecule has 2 heteroatoms. The van der Waals surface area contributed by atoms with Crippen molar-refractivity contribution in [2.75, 3.05) is 6.61 Å². The number of allylic oxidation sites excluding steroid dienone is 5. The smallest absolute Gasteiger partial charge is 0.220 e. The zero-order chi connectivity index (χ0) is 22.4. The molecule has 0 radical (unpaired) electrons. The summed E-state index contributed by atoms with van der Waals surface area (Å²) in [4.78, 5) is 12.5. The summed E-state index contributed by atoms with van der Waals surface area (Å²) >= 11 is 0. The summed E-state index contributed by atoms with van der Waals surface area (Å²) in [5, 5.41) is 0. The molecule has 31 heavy (non-hydrogen) atoms. The molecule has 2 fully saturated rings. The van der Waals surface area contributed by atoms with Gasteiger partial charge in [0.05, 0.1) is 6.61 Å². The lowest BCUT2D eigenvalue weighted by Gasteiger charge is -2.55. The molecule has 0 heterocycles. The molecule has 4 rings (SSSR count). The van der Waals surface area contributed by atoms with Crippen LogP contribution in [0.4, 0.5) is 0 Å². The maximum Gasteiger partial charge on any atom is 0.220 e. The zero-order valence-electron chi connectivity index (χ0n) is 20.7. The number of carbonyl (C=O) groups is 1. The van der Waals surface area contributed by atoms with Crippen molar-refractivity contribution >= 4 is 5.78 Å². The second-order valence-corrected chi connectivity index (χ2v) is 11.9. The van der Waals surface area contributed by atoms with Gasteiger partial charge in [-0.3, -0.25) is 4.79 Å². The number of carbonyl (C=O) groups excluding carboxylic acids is 1. The van der Waals surface area contributed by atoms with Gasteiger partial charge in [-0.2, -0.15) is 0 Å². The van der Waals surface area contributed by atoms with Crippen LogP contribution in [-0.2, 0) is 9.53 Å². The maximum atomic E-state index is 12.5. The molecule has 0 aromatic heterocycles. The van der Waals surface area contributed by atoms with Gasteiger partial charge in [0.15, 0.2) is 5.76 Å². The van der Waals surface area contributed by atoms with Crippen molar-refractivity contribution < 1.29 is 9.53 Å². The monoisotopic (exact) mass is 424 g/mol. The number of ketones is 1. The fourth-order valence-corrected chi connectivity index (χ4v) is 8.01. The number of ether oxygens (including phenoxy) is 1. The van der Waals surface area contributed by atoms with E-state index in [9.17, 15) is 4.79 Å². The lowest BCUT2D eigenvalue weighted by atomic mass is 9.49. The molecule has 172 valence electrons. The Labute approximate surface area is 190 Å². The van der Waals surface area contributed by atoms with E-state index >= 15 is 0 Å². The normalized spacial score (nSPS) is 40.0. The quantitative estimate of drug-likeness (QED) is 0.422. The van der Waals surface area contributed by atoms with E-state index in [0.29, 0.717) is 29.6 Å². The van der Waals surface area contributed by atoms with E-state index in [4.69, 9.17) is 4.74 Å². The summed E-state index contributed by atoms with van der Waals surface area (Å²) in [5.74, 6) is 5.11. The van der Waals surface area contributed by atoms with Gasteiger partial charge in [0, 0.05) is 5.41 Å². The molecule has 0 aromatic rings. The van der Waals surface area contributed by atoms with Crippen molar-refractivity contribution in [2.45, 2.75) is 86.5 Å². The average Bonchev–Trinajstić information content (AvgIpc) is 3.06. The second-order valence-electron chi connectivity index (χ2n) is 11.9. The molecule has 4 aliphatic carbocycles. The predicted molar refractivity (Wildman–Crippen MR) is 128 cm³/mol. The van der Waals surface area contributed by atoms with E-state index in [-0.39, 0.29) is 11.2 Å². The summed E-state index contributed by atoms with van der Waals surface area (Å²) in [7, 11) is 0. The fourth-order valence-electron chi connectivity index (χ4n) is 8.01. The van der Waals surface area contributed by atoms with Crippen LogP contribution in [0.1, 0.15) is 86.5 Å². The number of fused-ring (bicyclic) bond motifs is 5. The minimum absolute atomic E-state index is 0.0363. The van der Waals surface area contributed by atoms with E-state index in [1.165, 1.54) is 50.5 Å². The molecule has 0 spiro atoms.